The third kappa shape index (κ3) is 1.91. The average Bonchev–Trinajstić information content (AvgIpc) is 2.39. The zero-order chi connectivity index (χ0) is 11.9. The Kier molecular flexibility index (Phi) is 2.88. The smallest absolute Gasteiger partial charge is 0.134 e. The molecule has 1 aromatic heterocycles. The maximum absolute atomic E-state index is 5.73. The first-order chi connectivity index (χ1) is 7.49. The highest BCUT2D eigenvalue weighted by Crippen LogP contribution is 2.30. The third-order valence-corrected chi connectivity index (χ3v) is 3.39. The number of aryl methyl sites for hydroxylation is 2. The van der Waals surface area contributed by atoms with E-state index in [2.05, 4.69) is 17.3 Å². The third-order valence-electron chi connectivity index (χ3n) is 3.18. The van der Waals surface area contributed by atoms with Gasteiger partial charge < -0.3 is 11.1 Å². The molecule has 0 amide bonds. The minimum atomic E-state index is 0.417. The standard InChI is InChI=1S/C11H18N4S/c1-6-4-8(5-6)13-11-9(10(12)16)7(2)14-15(11)3/h6,8,13H,4-5H2,1-3H3,(H2,12,16). The largest absolute Gasteiger partial charge is 0.389 e. The molecule has 4 nitrogen and oxygen atoms in total. The van der Waals surface area contributed by atoms with Gasteiger partial charge in [-0.1, -0.05) is 19.1 Å². The molecule has 0 spiro atoms. The average molecular weight is 238 g/mol. The molecule has 1 aromatic rings. The van der Waals surface area contributed by atoms with Gasteiger partial charge in [0.2, 0.25) is 0 Å². The van der Waals surface area contributed by atoms with Crippen molar-refractivity contribution in [1.82, 2.24) is 9.78 Å². The van der Waals surface area contributed by atoms with Crippen molar-refractivity contribution in [1.29, 1.82) is 0 Å². The van der Waals surface area contributed by atoms with Crippen LogP contribution in [0, 0.1) is 12.8 Å². The fourth-order valence-electron chi connectivity index (χ4n) is 2.33. The van der Waals surface area contributed by atoms with Gasteiger partial charge in [-0.15, -0.1) is 0 Å². The van der Waals surface area contributed by atoms with Gasteiger partial charge in [-0.05, 0) is 25.7 Å². The summed E-state index contributed by atoms with van der Waals surface area (Å²) in [6, 6.07) is 0.540. The quantitative estimate of drug-likeness (QED) is 0.785. The van der Waals surface area contributed by atoms with Gasteiger partial charge in [-0.3, -0.25) is 4.68 Å². The summed E-state index contributed by atoms with van der Waals surface area (Å²) in [5.74, 6) is 1.78. The number of rotatable bonds is 3. The molecule has 1 saturated carbocycles. The van der Waals surface area contributed by atoms with Gasteiger partial charge >= 0.3 is 0 Å². The second-order valence-electron chi connectivity index (χ2n) is 4.71. The predicted molar refractivity (Wildman–Crippen MR) is 69.6 cm³/mol. The van der Waals surface area contributed by atoms with E-state index in [1.165, 1.54) is 12.8 Å². The topological polar surface area (TPSA) is 55.9 Å². The van der Waals surface area contributed by atoms with Crippen LogP contribution in [0.3, 0.4) is 0 Å². The molecule has 0 atom stereocenters. The number of thiocarbonyl (C=S) groups is 1. The van der Waals surface area contributed by atoms with E-state index >= 15 is 0 Å². The lowest BCUT2D eigenvalue weighted by molar-refractivity contribution is 0.308. The monoisotopic (exact) mass is 238 g/mol. The maximum atomic E-state index is 5.73. The Hall–Kier alpha value is -1.10. The number of nitrogens with one attached hydrogen (secondary N) is 1. The van der Waals surface area contributed by atoms with Crippen molar-refractivity contribution < 1.29 is 0 Å². The number of nitrogens with two attached hydrogens (primary N) is 1. The lowest BCUT2D eigenvalue weighted by Crippen LogP contribution is -2.35. The van der Waals surface area contributed by atoms with E-state index in [9.17, 15) is 0 Å². The molecular formula is C11H18N4S. The van der Waals surface area contributed by atoms with Crippen molar-refractivity contribution >= 4 is 23.0 Å². The fourth-order valence-corrected chi connectivity index (χ4v) is 2.58. The summed E-state index contributed by atoms with van der Waals surface area (Å²) in [4.78, 5) is 0.417. The van der Waals surface area contributed by atoms with Gasteiger partial charge in [-0.2, -0.15) is 5.10 Å². The van der Waals surface area contributed by atoms with Crippen molar-refractivity contribution in [2.45, 2.75) is 32.7 Å². The molecule has 0 unspecified atom stereocenters. The summed E-state index contributed by atoms with van der Waals surface area (Å²) in [5, 5.41) is 7.83. The van der Waals surface area contributed by atoms with Crippen LogP contribution in [0.1, 0.15) is 31.0 Å². The second-order valence-corrected chi connectivity index (χ2v) is 5.15. The maximum Gasteiger partial charge on any atom is 0.134 e. The molecule has 1 aliphatic rings. The Morgan fingerprint density at radius 1 is 1.56 bits per heavy atom. The van der Waals surface area contributed by atoms with Gasteiger partial charge in [0.1, 0.15) is 10.8 Å². The van der Waals surface area contributed by atoms with Gasteiger partial charge in [0, 0.05) is 13.1 Å². The van der Waals surface area contributed by atoms with Crippen molar-refractivity contribution in [3.05, 3.63) is 11.3 Å². The highest BCUT2D eigenvalue weighted by Gasteiger charge is 2.27. The number of hydrogen-bond acceptors (Lipinski definition) is 3. The van der Waals surface area contributed by atoms with E-state index in [4.69, 9.17) is 18.0 Å². The Morgan fingerprint density at radius 2 is 2.19 bits per heavy atom. The number of nitrogens with zero attached hydrogens (tertiary/aromatic N) is 2. The summed E-state index contributed by atoms with van der Waals surface area (Å²) in [7, 11) is 1.92. The van der Waals surface area contributed by atoms with Crippen molar-refractivity contribution in [3.8, 4) is 0 Å². The molecule has 1 aliphatic carbocycles. The minimum absolute atomic E-state index is 0.417. The molecule has 0 aliphatic heterocycles. The summed E-state index contributed by atoms with van der Waals surface area (Å²) in [6.07, 6.45) is 2.42. The first-order valence-electron chi connectivity index (χ1n) is 5.59. The number of anilines is 1. The lowest BCUT2D eigenvalue weighted by Gasteiger charge is -2.34. The van der Waals surface area contributed by atoms with Crippen LogP contribution in [0.15, 0.2) is 0 Å². The van der Waals surface area contributed by atoms with Crippen LogP contribution in [-0.4, -0.2) is 20.8 Å². The number of hydrogen-bond donors (Lipinski definition) is 2. The van der Waals surface area contributed by atoms with Crippen LogP contribution in [0.4, 0.5) is 5.82 Å². The molecule has 0 radical (unpaired) electrons. The van der Waals surface area contributed by atoms with Gasteiger partial charge in [0.05, 0.1) is 11.3 Å². The molecule has 0 saturated heterocycles. The second kappa shape index (κ2) is 4.05. The van der Waals surface area contributed by atoms with Gasteiger partial charge in [-0.25, -0.2) is 0 Å². The molecule has 1 heterocycles. The molecule has 0 aromatic carbocycles. The summed E-state index contributed by atoms with van der Waals surface area (Å²) < 4.78 is 1.83. The zero-order valence-electron chi connectivity index (χ0n) is 9.95. The van der Waals surface area contributed by atoms with Crippen LogP contribution in [0.25, 0.3) is 0 Å². The van der Waals surface area contributed by atoms with Crippen LogP contribution in [0.5, 0.6) is 0 Å². The summed E-state index contributed by atoms with van der Waals surface area (Å²) >= 11 is 5.07. The molecular weight excluding hydrogens is 220 g/mol. The molecule has 5 heteroatoms. The van der Waals surface area contributed by atoms with E-state index in [0.717, 1.165) is 23.0 Å². The van der Waals surface area contributed by atoms with Gasteiger partial charge in [0.25, 0.3) is 0 Å². The predicted octanol–water partition coefficient (Wildman–Crippen LogP) is 1.57. The van der Waals surface area contributed by atoms with E-state index in [1.807, 2.05) is 18.7 Å². The van der Waals surface area contributed by atoms with Crippen molar-refractivity contribution in [2.75, 3.05) is 5.32 Å². The van der Waals surface area contributed by atoms with Crippen LogP contribution >= 0.6 is 12.2 Å². The zero-order valence-corrected chi connectivity index (χ0v) is 10.8. The molecule has 16 heavy (non-hydrogen) atoms. The Morgan fingerprint density at radius 3 is 2.69 bits per heavy atom. The van der Waals surface area contributed by atoms with Crippen LogP contribution < -0.4 is 11.1 Å². The molecule has 1 fully saturated rings. The van der Waals surface area contributed by atoms with Crippen molar-refractivity contribution in [2.24, 2.45) is 18.7 Å². The Balaban J connectivity index is 2.22. The molecule has 3 N–H and O–H groups in total. The minimum Gasteiger partial charge on any atom is -0.389 e. The van der Waals surface area contributed by atoms with Gasteiger partial charge in [0.15, 0.2) is 0 Å². The van der Waals surface area contributed by atoms with Crippen molar-refractivity contribution in [3.63, 3.8) is 0 Å². The summed E-state index contributed by atoms with van der Waals surface area (Å²) in [6.45, 7) is 4.20. The van der Waals surface area contributed by atoms with Crippen LogP contribution in [-0.2, 0) is 7.05 Å². The Labute approximate surface area is 101 Å². The number of aromatic nitrogens is 2. The molecule has 0 bridgehead atoms. The van der Waals surface area contributed by atoms with E-state index < -0.39 is 0 Å². The normalized spacial score (nSPS) is 23.9. The molecule has 88 valence electrons. The fraction of sp³-hybridized carbons (Fsp3) is 0.636. The van der Waals surface area contributed by atoms with E-state index in [0.29, 0.717) is 11.0 Å². The highest BCUT2D eigenvalue weighted by molar-refractivity contribution is 7.80. The highest BCUT2D eigenvalue weighted by atomic mass is 32.1. The van der Waals surface area contributed by atoms with E-state index in [-0.39, 0.29) is 0 Å². The lowest BCUT2D eigenvalue weighted by atomic mass is 9.82. The molecule has 2 rings (SSSR count). The Bertz CT molecular complexity index is 418. The van der Waals surface area contributed by atoms with Crippen LogP contribution in [0.2, 0.25) is 0 Å². The first kappa shape index (κ1) is 11.4. The first-order valence-corrected chi connectivity index (χ1v) is 5.99. The SMILES string of the molecule is Cc1nn(C)c(NC2CC(C)C2)c1C(N)=S. The van der Waals surface area contributed by atoms with E-state index in [1.54, 1.807) is 0 Å². The summed E-state index contributed by atoms with van der Waals surface area (Å²) in [5.41, 5.74) is 7.51.